The molecule has 0 aliphatic heterocycles. The van der Waals surface area contributed by atoms with Crippen LogP contribution in [0.2, 0.25) is 5.02 Å². The highest BCUT2D eigenvalue weighted by Gasteiger charge is 2.18. The minimum Gasteiger partial charge on any atom is -0.327 e. The van der Waals surface area contributed by atoms with Gasteiger partial charge in [0.1, 0.15) is 0 Å². The topological polar surface area (TPSA) is 38.9 Å². The summed E-state index contributed by atoms with van der Waals surface area (Å²) < 4.78 is 0.978. The van der Waals surface area contributed by atoms with Gasteiger partial charge in [0, 0.05) is 33.3 Å². The van der Waals surface area contributed by atoms with Gasteiger partial charge >= 0.3 is 0 Å². The van der Waals surface area contributed by atoms with E-state index in [-0.39, 0.29) is 12.0 Å². The van der Waals surface area contributed by atoms with Crippen LogP contribution in [0.15, 0.2) is 47.1 Å². The number of benzene rings is 1. The van der Waals surface area contributed by atoms with Crippen molar-refractivity contribution in [3.05, 3.63) is 63.3 Å². The Balaban J connectivity index is 2.21. The van der Waals surface area contributed by atoms with E-state index in [0.29, 0.717) is 0 Å². The molecule has 0 fully saturated rings. The highest BCUT2D eigenvalue weighted by Crippen LogP contribution is 2.24. The zero-order valence-corrected chi connectivity index (χ0v) is 13.0. The van der Waals surface area contributed by atoms with Gasteiger partial charge in [-0.2, -0.15) is 0 Å². The van der Waals surface area contributed by atoms with E-state index in [1.807, 2.05) is 49.5 Å². The maximum Gasteiger partial charge on any atom is 0.0454 e. The summed E-state index contributed by atoms with van der Waals surface area (Å²) in [6.45, 7) is 2.02. The third kappa shape index (κ3) is 4.03. The predicted octanol–water partition coefficient (Wildman–Crippen LogP) is 4.17. The van der Waals surface area contributed by atoms with Gasteiger partial charge in [-0.1, -0.05) is 23.7 Å². The molecule has 1 aromatic heterocycles. The SMILES string of the molecule is CC(N)C(Cc1ccc(Cl)cc1)c1ccc(Br)cn1. The van der Waals surface area contributed by atoms with Crippen molar-refractivity contribution < 1.29 is 0 Å². The summed E-state index contributed by atoms with van der Waals surface area (Å²) in [6.07, 6.45) is 2.68. The summed E-state index contributed by atoms with van der Waals surface area (Å²) in [6, 6.07) is 12.0. The van der Waals surface area contributed by atoms with E-state index in [1.54, 1.807) is 0 Å². The summed E-state index contributed by atoms with van der Waals surface area (Å²) in [7, 11) is 0. The Morgan fingerprint density at radius 2 is 1.89 bits per heavy atom. The molecule has 0 saturated heterocycles. The van der Waals surface area contributed by atoms with E-state index in [0.717, 1.165) is 21.6 Å². The molecule has 1 aromatic carbocycles. The molecule has 4 heteroatoms. The van der Waals surface area contributed by atoms with Crippen LogP contribution in [-0.2, 0) is 6.42 Å². The number of halogens is 2. The van der Waals surface area contributed by atoms with Crippen LogP contribution in [0.3, 0.4) is 0 Å². The third-order valence-corrected chi connectivity index (χ3v) is 3.85. The number of rotatable bonds is 4. The molecule has 2 N–H and O–H groups in total. The Labute approximate surface area is 127 Å². The van der Waals surface area contributed by atoms with Crippen molar-refractivity contribution in [2.75, 3.05) is 0 Å². The molecular weight excluding hydrogens is 324 g/mol. The van der Waals surface area contributed by atoms with Gasteiger partial charge in [0.05, 0.1) is 0 Å². The molecule has 0 spiro atoms. The molecule has 2 nitrogen and oxygen atoms in total. The molecule has 2 unspecified atom stereocenters. The van der Waals surface area contributed by atoms with Crippen molar-refractivity contribution in [1.29, 1.82) is 0 Å². The zero-order chi connectivity index (χ0) is 13.8. The molecule has 19 heavy (non-hydrogen) atoms. The number of hydrogen-bond acceptors (Lipinski definition) is 2. The Bertz CT molecular complexity index is 523. The van der Waals surface area contributed by atoms with Gasteiger partial charge in [0.25, 0.3) is 0 Å². The van der Waals surface area contributed by atoms with Crippen LogP contribution >= 0.6 is 27.5 Å². The second-order valence-electron chi connectivity index (χ2n) is 4.70. The lowest BCUT2D eigenvalue weighted by molar-refractivity contribution is 0.552. The van der Waals surface area contributed by atoms with Gasteiger partial charge in [-0.3, -0.25) is 4.98 Å². The molecule has 0 aliphatic carbocycles. The molecular formula is C15H16BrClN2. The molecule has 2 aromatic rings. The fraction of sp³-hybridized carbons (Fsp3) is 0.267. The first-order valence-electron chi connectivity index (χ1n) is 6.17. The van der Waals surface area contributed by atoms with E-state index in [1.165, 1.54) is 5.56 Å². The van der Waals surface area contributed by atoms with Crippen LogP contribution in [0.1, 0.15) is 24.1 Å². The van der Waals surface area contributed by atoms with Crippen LogP contribution in [0, 0.1) is 0 Å². The first-order chi connectivity index (χ1) is 9.06. The van der Waals surface area contributed by atoms with E-state index in [2.05, 4.69) is 20.9 Å². The maximum absolute atomic E-state index is 6.11. The van der Waals surface area contributed by atoms with Crippen LogP contribution in [0.25, 0.3) is 0 Å². The summed E-state index contributed by atoms with van der Waals surface area (Å²) >= 11 is 9.30. The van der Waals surface area contributed by atoms with E-state index in [9.17, 15) is 0 Å². The Morgan fingerprint density at radius 1 is 1.21 bits per heavy atom. The van der Waals surface area contributed by atoms with Gasteiger partial charge in [0.2, 0.25) is 0 Å². The van der Waals surface area contributed by atoms with E-state index < -0.39 is 0 Å². The standard InChI is InChI=1S/C15H16BrClN2/c1-10(18)14(15-7-4-12(16)9-19-15)8-11-2-5-13(17)6-3-11/h2-7,9-10,14H,8,18H2,1H3. The maximum atomic E-state index is 6.11. The van der Waals surface area contributed by atoms with Gasteiger partial charge < -0.3 is 5.73 Å². The molecule has 0 bridgehead atoms. The average Bonchev–Trinajstić information content (AvgIpc) is 2.39. The largest absolute Gasteiger partial charge is 0.327 e. The third-order valence-electron chi connectivity index (χ3n) is 3.13. The molecule has 0 saturated carbocycles. The Kier molecular flexibility index (Phi) is 4.97. The number of pyridine rings is 1. The van der Waals surface area contributed by atoms with Gasteiger partial charge in [-0.25, -0.2) is 0 Å². The van der Waals surface area contributed by atoms with Gasteiger partial charge in [-0.15, -0.1) is 0 Å². The second kappa shape index (κ2) is 6.51. The fourth-order valence-corrected chi connectivity index (χ4v) is 2.40. The van der Waals surface area contributed by atoms with Crippen LogP contribution in [0.4, 0.5) is 0 Å². The first kappa shape index (κ1) is 14.5. The van der Waals surface area contributed by atoms with Crippen LogP contribution in [0.5, 0.6) is 0 Å². The summed E-state index contributed by atoms with van der Waals surface area (Å²) in [5.74, 6) is 0.203. The number of hydrogen-bond donors (Lipinski definition) is 1. The molecule has 1 heterocycles. The smallest absolute Gasteiger partial charge is 0.0454 e. The molecule has 0 amide bonds. The van der Waals surface area contributed by atoms with Crippen molar-refractivity contribution in [3.8, 4) is 0 Å². The summed E-state index contributed by atoms with van der Waals surface area (Å²) in [5, 5.41) is 0.753. The fourth-order valence-electron chi connectivity index (χ4n) is 2.04. The van der Waals surface area contributed by atoms with Crippen molar-refractivity contribution in [2.45, 2.75) is 25.3 Å². The molecule has 0 aliphatic rings. The van der Waals surface area contributed by atoms with Crippen molar-refractivity contribution in [2.24, 2.45) is 5.73 Å². The minimum atomic E-state index is 0.0457. The minimum absolute atomic E-state index is 0.0457. The highest BCUT2D eigenvalue weighted by molar-refractivity contribution is 9.10. The predicted molar refractivity (Wildman–Crippen MR) is 83.5 cm³/mol. The molecule has 2 atom stereocenters. The summed E-state index contributed by atoms with van der Waals surface area (Å²) in [5.41, 5.74) is 8.35. The van der Waals surface area contributed by atoms with E-state index >= 15 is 0 Å². The Morgan fingerprint density at radius 3 is 2.42 bits per heavy atom. The summed E-state index contributed by atoms with van der Waals surface area (Å²) in [4.78, 5) is 4.46. The van der Waals surface area contributed by atoms with E-state index in [4.69, 9.17) is 17.3 Å². The number of nitrogens with two attached hydrogens (primary N) is 1. The lowest BCUT2D eigenvalue weighted by Gasteiger charge is -2.20. The Hall–Kier alpha value is -0.900. The molecule has 0 radical (unpaired) electrons. The van der Waals surface area contributed by atoms with Crippen molar-refractivity contribution >= 4 is 27.5 Å². The quantitative estimate of drug-likeness (QED) is 0.908. The lowest BCUT2D eigenvalue weighted by atomic mass is 9.90. The molecule has 100 valence electrons. The average molecular weight is 340 g/mol. The first-order valence-corrected chi connectivity index (χ1v) is 7.35. The van der Waals surface area contributed by atoms with Crippen LogP contribution < -0.4 is 5.73 Å². The normalized spacial score (nSPS) is 14.1. The van der Waals surface area contributed by atoms with Crippen LogP contribution in [-0.4, -0.2) is 11.0 Å². The molecule has 2 rings (SSSR count). The van der Waals surface area contributed by atoms with Crippen molar-refractivity contribution in [1.82, 2.24) is 4.98 Å². The van der Waals surface area contributed by atoms with Crippen molar-refractivity contribution in [3.63, 3.8) is 0 Å². The number of aromatic nitrogens is 1. The second-order valence-corrected chi connectivity index (χ2v) is 6.05. The zero-order valence-electron chi connectivity index (χ0n) is 10.7. The highest BCUT2D eigenvalue weighted by atomic mass is 79.9. The number of nitrogens with zero attached hydrogens (tertiary/aromatic N) is 1. The monoisotopic (exact) mass is 338 g/mol. The lowest BCUT2D eigenvalue weighted by Crippen LogP contribution is -2.27. The van der Waals surface area contributed by atoms with Gasteiger partial charge in [0.15, 0.2) is 0 Å². The van der Waals surface area contributed by atoms with Gasteiger partial charge in [-0.05, 0) is 59.1 Å².